The largest absolute Gasteiger partial charge is 0.368 e. The summed E-state index contributed by atoms with van der Waals surface area (Å²) >= 11 is 5.96. The zero-order chi connectivity index (χ0) is 14.1. The minimum absolute atomic E-state index is 0.123. The molecule has 2 aromatic rings. The molecule has 106 valence electrons. The molecule has 0 spiro atoms. The molecular formula is C12H15ClN6O. The molecule has 0 saturated heterocycles. The molecule has 1 aliphatic carbocycles. The smallest absolute Gasteiger partial charge is 0.237 e. The molecule has 2 aromatic heterocycles. The van der Waals surface area contributed by atoms with Crippen LogP contribution in [0.15, 0.2) is 6.20 Å². The van der Waals surface area contributed by atoms with E-state index in [9.17, 15) is 4.79 Å². The molecule has 8 heteroatoms. The number of carbonyl (C=O) groups is 1. The SMILES string of the molecule is NC(=O)CN(c1nc(Cl)nc2[nH]ncc12)C1CCCC1. The van der Waals surface area contributed by atoms with Gasteiger partial charge in [-0.15, -0.1) is 0 Å². The van der Waals surface area contributed by atoms with Gasteiger partial charge in [-0.3, -0.25) is 9.89 Å². The van der Waals surface area contributed by atoms with Gasteiger partial charge in [0.25, 0.3) is 0 Å². The fourth-order valence-electron chi connectivity index (χ4n) is 2.77. The van der Waals surface area contributed by atoms with Gasteiger partial charge in [0.05, 0.1) is 18.1 Å². The van der Waals surface area contributed by atoms with Crippen molar-refractivity contribution in [1.82, 2.24) is 20.2 Å². The summed E-state index contributed by atoms with van der Waals surface area (Å²) in [6.07, 6.45) is 5.98. The molecule has 7 nitrogen and oxygen atoms in total. The normalized spacial score (nSPS) is 15.8. The Morgan fingerprint density at radius 3 is 2.90 bits per heavy atom. The van der Waals surface area contributed by atoms with Crippen molar-refractivity contribution in [2.45, 2.75) is 31.7 Å². The summed E-state index contributed by atoms with van der Waals surface area (Å²) in [6.45, 7) is 0.123. The van der Waals surface area contributed by atoms with Crippen LogP contribution in [0.4, 0.5) is 5.82 Å². The van der Waals surface area contributed by atoms with E-state index in [1.54, 1.807) is 6.20 Å². The number of halogens is 1. The number of aromatic amines is 1. The summed E-state index contributed by atoms with van der Waals surface area (Å²) in [5.41, 5.74) is 5.94. The summed E-state index contributed by atoms with van der Waals surface area (Å²) in [7, 11) is 0. The Hall–Kier alpha value is -1.89. The molecule has 3 N–H and O–H groups in total. The second-order valence-electron chi connectivity index (χ2n) is 4.98. The van der Waals surface area contributed by atoms with Crippen LogP contribution in [0.5, 0.6) is 0 Å². The van der Waals surface area contributed by atoms with Crippen LogP contribution in [-0.4, -0.2) is 38.7 Å². The van der Waals surface area contributed by atoms with E-state index in [0.29, 0.717) is 11.5 Å². The van der Waals surface area contributed by atoms with E-state index < -0.39 is 0 Å². The monoisotopic (exact) mass is 294 g/mol. The number of carbonyl (C=O) groups excluding carboxylic acids is 1. The quantitative estimate of drug-likeness (QED) is 0.826. The topological polar surface area (TPSA) is 101 Å². The summed E-state index contributed by atoms with van der Waals surface area (Å²) in [5, 5.41) is 7.61. The molecule has 0 unspecified atom stereocenters. The van der Waals surface area contributed by atoms with Gasteiger partial charge in [0, 0.05) is 6.04 Å². The van der Waals surface area contributed by atoms with Crippen molar-refractivity contribution in [3.05, 3.63) is 11.5 Å². The maximum absolute atomic E-state index is 11.4. The third-order valence-corrected chi connectivity index (χ3v) is 3.80. The van der Waals surface area contributed by atoms with Gasteiger partial charge in [0.2, 0.25) is 11.2 Å². The molecule has 1 amide bonds. The van der Waals surface area contributed by atoms with E-state index in [0.717, 1.165) is 31.1 Å². The van der Waals surface area contributed by atoms with Crippen LogP contribution in [0, 0.1) is 0 Å². The van der Waals surface area contributed by atoms with Crippen molar-refractivity contribution < 1.29 is 4.79 Å². The number of H-pyrrole nitrogens is 1. The lowest BCUT2D eigenvalue weighted by Crippen LogP contribution is -2.40. The molecule has 20 heavy (non-hydrogen) atoms. The molecule has 0 bridgehead atoms. The van der Waals surface area contributed by atoms with Crippen molar-refractivity contribution in [3.8, 4) is 0 Å². The maximum Gasteiger partial charge on any atom is 0.237 e. The predicted molar refractivity (Wildman–Crippen MR) is 75.5 cm³/mol. The predicted octanol–water partition coefficient (Wildman–Crippen LogP) is 1.24. The summed E-state index contributed by atoms with van der Waals surface area (Å²) in [6, 6.07) is 0.256. The highest BCUT2D eigenvalue weighted by Gasteiger charge is 2.27. The fraction of sp³-hybridized carbons (Fsp3) is 0.500. The van der Waals surface area contributed by atoms with Gasteiger partial charge in [-0.05, 0) is 24.4 Å². The van der Waals surface area contributed by atoms with E-state index in [1.165, 1.54) is 0 Å². The van der Waals surface area contributed by atoms with E-state index >= 15 is 0 Å². The lowest BCUT2D eigenvalue weighted by molar-refractivity contribution is -0.116. The fourth-order valence-corrected chi connectivity index (χ4v) is 2.94. The Morgan fingerprint density at radius 1 is 1.45 bits per heavy atom. The molecule has 1 aliphatic rings. The number of hydrogen-bond donors (Lipinski definition) is 2. The van der Waals surface area contributed by atoms with Gasteiger partial charge in [0.15, 0.2) is 5.65 Å². The zero-order valence-corrected chi connectivity index (χ0v) is 11.6. The van der Waals surface area contributed by atoms with Crippen LogP contribution in [0.25, 0.3) is 11.0 Å². The van der Waals surface area contributed by atoms with Gasteiger partial charge in [-0.25, -0.2) is 0 Å². The standard InChI is InChI=1S/C12H15ClN6O/c13-12-16-10-8(5-15-18-10)11(17-12)19(6-9(14)20)7-3-1-2-4-7/h5,7H,1-4,6H2,(H2,14,20)(H,15,16,17,18). The van der Waals surface area contributed by atoms with Gasteiger partial charge < -0.3 is 10.6 Å². The van der Waals surface area contributed by atoms with Gasteiger partial charge >= 0.3 is 0 Å². The first-order chi connectivity index (χ1) is 9.65. The second-order valence-corrected chi connectivity index (χ2v) is 5.32. The number of aromatic nitrogens is 4. The Morgan fingerprint density at radius 2 is 2.20 bits per heavy atom. The van der Waals surface area contributed by atoms with Crippen molar-refractivity contribution in [3.63, 3.8) is 0 Å². The zero-order valence-electron chi connectivity index (χ0n) is 10.8. The highest BCUT2D eigenvalue weighted by molar-refractivity contribution is 6.28. The third-order valence-electron chi connectivity index (χ3n) is 3.63. The molecular weight excluding hydrogens is 280 g/mol. The molecule has 1 saturated carbocycles. The van der Waals surface area contributed by atoms with Crippen LogP contribution >= 0.6 is 11.6 Å². The molecule has 1 fully saturated rings. The Balaban J connectivity index is 2.07. The number of amides is 1. The molecule has 0 aliphatic heterocycles. The highest BCUT2D eigenvalue weighted by atomic mass is 35.5. The van der Waals surface area contributed by atoms with E-state index in [1.807, 2.05) is 4.90 Å². The van der Waals surface area contributed by atoms with Gasteiger partial charge in [0.1, 0.15) is 5.82 Å². The van der Waals surface area contributed by atoms with Crippen LogP contribution < -0.4 is 10.6 Å². The van der Waals surface area contributed by atoms with E-state index in [-0.39, 0.29) is 23.8 Å². The molecule has 0 aromatic carbocycles. The Bertz CT molecular complexity index is 636. The number of rotatable bonds is 4. The summed E-state index contributed by atoms with van der Waals surface area (Å²) in [5.74, 6) is 0.239. The first kappa shape index (κ1) is 13.1. The van der Waals surface area contributed by atoms with Crippen molar-refractivity contribution in [1.29, 1.82) is 0 Å². The molecule has 0 radical (unpaired) electrons. The van der Waals surface area contributed by atoms with E-state index in [4.69, 9.17) is 17.3 Å². The lowest BCUT2D eigenvalue weighted by Gasteiger charge is -2.29. The second kappa shape index (κ2) is 5.24. The number of nitrogens with one attached hydrogen (secondary N) is 1. The Kier molecular flexibility index (Phi) is 3.43. The lowest BCUT2D eigenvalue weighted by atomic mass is 10.2. The minimum atomic E-state index is -0.386. The van der Waals surface area contributed by atoms with Crippen molar-refractivity contribution >= 4 is 34.4 Å². The van der Waals surface area contributed by atoms with Crippen LogP contribution in [0.2, 0.25) is 5.28 Å². The first-order valence-electron chi connectivity index (χ1n) is 6.56. The van der Waals surface area contributed by atoms with E-state index in [2.05, 4.69) is 20.2 Å². The summed E-state index contributed by atoms with van der Waals surface area (Å²) in [4.78, 5) is 21.7. The molecule has 3 rings (SSSR count). The number of nitrogens with zero attached hydrogens (tertiary/aromatic N) is 4. The minimum Gasteiger partial charge on any atom is -0.368 e. The molecule has 0 atom stereocenters. The van der Waals surface area contributed by atoms with Crippen molar-refractivity contribution in [2.75, 3.05) is 11.4 Å². The average molecular weight is 295 g/mol. The molecule has 2 heterocycles. The Labute approximate surface area is 120 Å². The number of fused-ring (bicyclic) bond motifs is 1. The van der Waals surface area contributed by atoms with Crippen LogP contribution in [-0.2, 0) is 4.79 Å². The maximum atomic E-state index is 11.4. The van der Waals surface area contributed by atoms with Gasteiger partial charge in [-0.1, -0.05) is 12.8 Å². The van der Waals surface area contributed by atoms with Gasteiger partial charge in [-0.2, -0.15) is 15.1 Å². The number of hydrogen-bond acceptors (Lipinski definition) is 5. The van der Waals surface area contributed by atoms with Crippen LogP contribution in [0.3, 0.4) is 0 Å². The summed E-state index contributed by atoms with van der Waals surface area (Å²) < 4.78 is 0. The highest BCUT2D eigenvalue weighted by Crippen LogP contribution is 2.31. The number of anilines is 1. The van der Waals surface area contributed by atoms with Crippen LogP contribution in [0.1, 0.15) is 25.7 Å². The number of nitrogens with two attached hydrogens (primary N) is 1. The third kappa shape index (κ3) is 2.40. The average Bonchev–Trinajstić information content (AvgIpc) is 3.05. The number of primary amides is 1. The van der Waals surface area contributed by atoms with Crippen molar-refractivity contribution in [2.24, 2.45) is 5.73 Å². The first-order valence-corrected chi connectivity index (χ1v) is 6.94.